The maximum Gasteiger partial charge on any atom is 0.125 e. The number of aliphatic hydroxyl groups is 1. The molecule has 1 aromatic heterocycles. The molecule has 0 radical (unpaired) electrons. The average Bonchev–Trinajstić information content (AvgIpc) is 2.75. The Labute approximate surface area is 125 Å². The highest BCUT2D eigenvalue weighted by atomic mass is 32.1. The van der Waals surface area contributed by atoms with Gasteiger partial charge in [0.1, 0.15) is 10.6 Å². The van der Waals surface area contributed by atoms with E-state index in [9.17, 15) is 5.11 Å². The molecule has 3 nitrogen and oxygen atoms in total. The number of aryl methyl sites for hydroxylation is 1. The summed E-state index contributed by atoms with van der Waals surface area (Å²) in [6.45, 7) is 2.82. The lowest BCUT2D eigenvalue weighted by Gasteiger charge is -2.30. The van der Waals surface area contributed by atoms with E-state index in [1.165, 1.54) is 30.6 Å². The maximum absolute atomic E-state index is 10.1. The predicted octanol–water partition coefficient (Wildman–Crippen LogP) is 4.10. The van der Waals surface area contributed by atoms with Crippen molar-refractivity contribution in [1.82, 2.24) is 4.98 Å². The summed E-state index contributed by atoms with van der Waals surface area (Å²) in [5.74, 6) is 0. The molecule has 4 heteroatoms. The molecule has 0 aromatic carbocycles. The molecular weight excluding hydrogens is 270 g/mol. The highest BCUT2D eigenvalue weighted by Gasteiger charge is 2.38. The van der Waals surface area contributed by atoms with E-state index in [4.69, 9.17) is 9.72 Å². The van der Waals surface area contributed by atoms with E-state index in [0.717, 1.165) is 49.4 Å². The molecule has 0 spiro atoms. The van der Waals surface area contributed by atoms with Crippen molar-refractivity contribution >= 4 is 11.3 Å². The van der Waals surface area contributed by atoms with E-state index in [-0.39, 0.29) is 11.7 Å². The largest absolute Gasteiger partial charge is 0.387 e. The first-order chi connectivity index (χ1) is 9.75. The lowest BCUT2D eigenvalue weighted by molar-refractivity contribution is -0.0562. The lowest BCUT2D eigenvalue weighted by atomic mass is 9.94. The molecule has 1 unspecified atom stereocenters. The van der Waals surface area contributed by atoms with Gasteiger partial charge < -0.3 is 9.84 Å². The standard InChI is InChI=1S/C16H25NO2S/c1-2-19-16(10-5-3-4-6-11-16)15-17-14-12(18)8-7-9-13(14)20-15/h12,18H,2-11H2,1H3. The number of hydrogen-bond acceptors (Lipinski definition) is 4. The fourth-order valence-electron chi connectivity index (χ4n) is 3.59. The lowest BCUT2D eigenvalue weighted by Crippen LogP contribution is -2.29. The van der Waals surface area contributed by atoms with E-state index in [1.807, 2.05) is 0 Å². The molecule has 1 atom stereocenters. The molecule has 20 heavy (non-hydrogen) atoms. The summed E-state index contributed by atoms with van der Waals surface area (Å²) in [4.78, 5) is 6.13. The van der Waals surface area contributed by atoms with Crippen LogP contribution >= 0.6 is 11.3 Å². The molecule has 0 amide bonds. The summed E-state index contributed by atoms with van der Waals surface area (Å²) < 4.78 is 6.22. The zero-order valence-corrected chi connectivity index (χ0v) is 13.2. The minimum Gasteiger partial charge on any atom is -0.387 e. The van der Waals surface area contributed by atoms with Gasteiger partial charge in [-0.1, -0.05) is 25.7 Å². The van der Waals surface area contributed by atoms with Crippen LogP contribution in [0.3, 0.4) is 0 Å². The van der Waals surface area contributed by atoms with Crippen molar-refractivity contribution in [2.75, 3.05) is 6.61 Å². The van der Waals surface area contributed by atoms with Crippen LogP contribution in [0.2, 0.25) is 0 Å². The van der Waals surface area contributed by atoms with Gasteiger partial charge in [0, 0.05) is 11.5 Å². The Hall–Kier alpha value is -0.450. The molecule has 112 valence electrons. The smallest absolute Gasteiger partial charge is 0.125 e. The summed E-state index contributed by atoms with van der Waals surface area (Å²) >= 11 is 1.80. The summed E-state index contributed by atoms with van der Waals surface area (Å²) in [5, 5.41) is 11.3. The van der Waals surface area contributed by atoms with Crippen LogP contribution in [0.1, 0.15) is 80.0 Å². The van der Waals surface area contributed by atoms with Crippen LogP contribution < -0.4 is 0 Å². The Balaban J connectivity index is 1.94. The minimum atomic E-state index is -0.354. The molecule has 2 aliphatic carbocycles. The van der Waals surface area contributed by atoms with Crippen molar-refractivity contribution in [2.45, 2.75) is 76.4 Å². The van der Waals surface area contributed by atoms with Crippen LogP contribution in [-0.2, 0) is 16.8 Å². The normalized spacial score (nSPS) is 26.0. The molecule has 1 heterocycles. The summed E-state index contributed by atoms with van der Waals surface area (Å²) in [6, 6.07) is 0. The second kappa shape index (κ2) is 6.12. The quantitative estimate of drug-likeness (QED) is 0.854. The van der Waals surface area contributed by atoms with Gasteiger partial charge in [0.15, 0.2) is 0 Å². The topological polar surface area (TPSA) is 42.4 Å². The van der Waals surface area contributed by atoms with E-state index >= 15 is 0 Å². The molecule has 0 aliphatic heterocycles. The van der Waals surface area contributed by atoms with E-state index < -0.39 is 0 Å². The number of thiazole rings is 1. The third-order valence-corrected chi connectivity index (χ3v) is 5.96. The van der Waals surface area contributed by atoms with Crippen molar-refractivity contribution in [3.8, 4) is 0 Å². The monoisotopic (exact) mass is 295 g/mol. The number of ether oxygens (including phenoxy) is 1. The molecule has 1 aromatic rings. The zero-order valence-electron chi connectivity index (χ0n) is 12.4. The Morgan fingerprint density at radius 1 is 1.25 bits per heavy atom. The van der Waals surface area contributed by atoms with Crippen molar-refractivity contribution in [3.05, 3.63) is 15.6 Å². The summed E-state index contributed by atoms with van der Waals surface area (Å²) in [6.07, 6.45) is 9.91. The van der Waals surface area contributed by atoms with Crippen LogP contribution in [0.5, 0.6) is 0 Å². The number of aromatic nitrogens is 1. The number of aliphatic hydroxyl groups excluding tert-OH is 1. The third kappa shape index (κ3) is 2.66. The van der Waals surface area contributed by atoms with Crippen LogP contribution in [0.4, 0.5) is 0 Å². The predicted molar refractivity (Wildman–Crippen MR) is 81.0 cm³/mol. The Kier molecular flexibility index (Phi) is 4.43. The molecular formula is C16H25NO2S. The van der Waals surface area contributed by atoms with Crippen molar-refractivity contribution in [3.63, 3.8) is 0 Å². The van der Waals surface area contributed by atoms with Gasteiger partial charge in [-0.15, -0.1) is 11.3 Å². The van der Waals surface area contributed by atoms with Gasteiger partial charge in [0.05, 0.1) is 11.8 Å². The van der Waals surface area contributed by atoms with E-state index in [1.54, 1.807) is 11.3 Å². The van der Waals surface area contributed by atoms with Crippen LogP contribution in [0, 0.1) is 0 Å². The Bertz CT molecular complexity index is 449. The molecule has 3 rings (SSSR count). The van der Waals surface area contributed by atoms with Crippen molar-refractivity contribution in [1.29, 1.82) is 0 Å². The van der Waals surface area contributed by atoms with E-state index in [2.05, 4.69) is 6.92 Å². The molecule has 1 fully saturated rings. The molecule has 1 saturated carbocycles. The van der Waals surface area contributed by atoms with Gasteiger partial charge in [-0.3, -0.25) is 0 Å². The third-order valence-electron chi connectivity index (χ3n) is 4.65. The number of hydrogen-bond donors (Lipinski definition) is 1. The van der Waals surface area contributed by atoms with Gasteiger partial charge in [0.25, 0.3) is 0 Å². The summed E-state index contributed by atoms with van der Waals surface area (Å²) in [7, 11) is 0. The van der Waals surface area contributed by atoms with Crippen LogP contribution in [0.15, 0.2) is 0 Å². The van der Waals surface area contributed by atoms with Crippen LogP contribution in [0.25, 0.3) is 0 Å². The van der Waals surface area contributed by atoms with Gasteiger partial charge in [-0.2, -0.15) is 0 Å². The molecule has 0 saturated heterocycles. The van der Waals surface area contributed by atoms with E-state index in [0.29, 0.717) is 0 Å². The van der Waals surface area contributed by atoms with Gasteiger partial charge in [0.2, 0.25) is 0 Å². The number of nitrogens with zero attached hydrogens (tertiary/aromatic N) is 1. The maximum atomic E-state index is 10.1. The summed E-state index contributed by atoms with van der Waals surface area (Å²) in [5.41, 5.74) is 0.770. The van der Waals surface area contributed by atoms with Crippen LogP contribution in [-0.4, -0.2) is 16.7 Å². The zero-order chi connectivity index (χ0) is 14.0. The van der Waals surface area contributed by atoms with Gasteiger partial charge >= 0.3 is 0 Å². The van der Waals surface area contributed by atoms with Crippen molar-refractivity contribution < 1.29 is 9.84 Å². The fourth-order valence-corrected chi connectivity index (χ4v) is 4.95. The van der Waals surface area contributed by atoms with Gasteiger partial charge in [-0.05, 0) is 39.0 Å². The first kappa shape index (κ1) is 14.5. The average molecular weight is 295 g/mol. The molecule has 0 bridgehead atoms. The number of rotatable bonds is 3. The SMILES string of the molecule is CCOC1(c2nc3c(s2)CCCC3O)CCCCCC1. The second-order valence-corrected chi connectivity index (χ2v) is 7.16. The fraction of sp³-hybridized carbons (Fsp3) is 0.812. The highest BCUT2D eigenvalue weighted by Crippen LogP contribution is 2.44. The highest BCUT2D eigenvalue weighted by molar-refractivity contribution is 7.11. The first-order valence-corrected chi connectivity index (χ1v) is 8.89. The molecule has 2 aliphatic rings. The van der Waals surface area contributed by atoms with Crippen molar-refractivity contribution in [2.24, 2.45) is 0 Å². The first-order valence-electron chi connectivity index (χ1n) is 8.07. The minimum absolute atomic E-state index is 0.174. The molecule has 1 N–H and O–H groups in total. The van der Waals surface area contributed by atoms with Gasteiger partial charge in [-0.25, -0.2) is 4.98 Å². The second-order valence-electron chi connectivity index (χ2n) is 6.08. The Morgan fingerprint density at radius 3 is 2.65 bits per heavy atom. The number of fused-ring (bicyclic) bond motifs is 1. The Morgan fingerprint density at radius 2 is 2.00 bits per heavy atom.